The summed E-state index contributed by atoms with van der Waals surface area (Å²) in [5.74, 6) is 0. The van der Waals surface area contributed by atoms with Crippen LogP contribution in [0, 0.1) is 0 Å². The van der Waals surface area contributed by atoms with Crippen molar-refractivity contribution in [2.45, 2.75) is 6.16 Å². The minimum absolute atomic E-state index is 1.05. The van der Waals surface area contributed by atoms with Crippen molar-refractivity contribution in [3.63, 3.8) is 0 Å². The Hall–Kier alpha value is -2.41. The van der Waals surface area contributed by atoms with E-state index in [1.807, 2.05) is 11.3 Å². The zero-order valence-corrected chi connectivity index (χ0v) is 18.0. The normalized spacial score (nSPS) is 11.4. The number of hydrogen-bond donors (Lipinski definition) is 0. The lowest BCUT2D eigenvalue weighted by molar-refractivity contribution is 1.16. The van der Waals surface area contributed by atoms with Gasteiger partial charge in [0, 0.05) is 19.0 Å². The Morgan fingerprint density at radius 3 is 1.39 bits per heavy atom. The van der Waals surface area contributed by atoms with Gasteiger partial charge in [0.1, 0.15) is 29.3 Å². The molecule has 28 heavy (non-hydrogen) atoms. The monoisotopic (exact) mass is 402 g/mol. The Labute approximate surface area is 172 Å². The molecule has 1 nitrogen and oxygen atoms in total. The molecule has 0 amide bonds. The summed E-state index contributed by atoms with van der Waals surface area (Å²) in [5, 5.41) is 5.62. The van der Waals surface area contributed by atoms with Gasteiger partial charge < -0.3 is 4.90 Å². The first-order valence-electron chi connectivity index (χ1n) is 9.51. The largest absolute Gasteiger partial charge is 0.370 e. The predicted octanol–water partition coefficient (Wildman–Crippen LogP) is 5.31. The molecular weight excluding hydrogens is 377 g/mol. The Morgan fingerprint density at radius 1 is 0.607 bits per heavy atom. The molecule has 0 bridgehead atoms. The smallest absolute Gasteiger partial charge is 0.117 e. The summed E-state index contributed by atoms with van der Waals surface area (Å²) < 4.78 is 0. The zero-order chi connectivity index (χ0) is 19.4. The van der Waals surface area contributed by atoms with E-state index in [9.17, 15) is 0 Å². The van der Waals surface area contributed by atoms with Crippen molar-refractivity contribution in [2.75, 3.05) is 19.0 Å². The van der Waals surface area contributed by atoms with E-state index in [1.54, 1.807) is 0 Å². The topological polar surface area (TPSA) is 3.24 Å². The molecule has 0 aliphatic rings. The fourth-order valence-corrected chi connectivity index (χ4v) is 9.32. The van der Waals surface area contributed by atoms with E-state index >= 15 is 0 Å². The fourth-order valence-electron chi connectivity index (χ4n) is 3.69. The maximum atomic E-state index is 2.31. The van der Waals surface area contributed by atoms with E-state index in [-0.39, 0.29) is 0 Å². The molecule has 3 aromatic carbocycles. The second-order valence-electron chi connectivity index (χ2n) is 7.11. The highest BCUT2D eigenvalue weighted by atomic mass is 32.1. The van der Waals surface area contributed by atoms with Crippen LogP contribution in [0.25, 0.3) is 0 Å². The van der Waals surface area contributed by atoms with Crippen molar-refractivity contribution in [2.24, 2.45) is 0 Å². The SMILES string of the molecule is CN(C)c1ccc(C[P+](c2ccccc2)(c2ccccc2)c2ccccc2)s1. The number of rotatable bonds is 6. The summed E-state index contributed by atoms with van der Waals surface area (Å²) in [7, 11) is 2.43. The van der Waals surface area contributed by atoms with Crippen LogP contribution in [0.3, 0.4) is 0 Å². The van der Waals surface area contributed by atoms with Crippen LogP contribution in [0.5, 0.6) is 0 Å². The van der Waals surface area contributed by atoms with Crippen molar-refractivity contribution in [1.82, 2.24) is 0 Å². The van der Waals surface area contributed by atoms with Crippen molar-refractivity contribution >= 4 is 39.5 Å². The van der Waals surface area contributed by atoms with Crippen LogP contribution in [0.1, 0.15) is 4.88 Å². The van der Waals surface area contributed by atoms with Gasteiger partial charge in [0.25, 0.3) is 0 Å². The van der Waals surface area contributed by atoms with Gasteiger partial charge in [-0.1, -0.05) is 54.6 Å². The molecule has 4 aromatic rings. The van der Waals surface area contributed by atoms with Crippen LogP contribution in [0.15, 0.2) is 103 Å². The van der Waals surface area contributed by atoms with Crippen LogP contribution in [0.4, 0.5) is 5.00 Å². The van der Waals surface area contributed by atoms with Gasteiger partial charge in [-0.3, -0.25) is 0 Å². The summed E-state index contributed by atoms with van der Waals surface area (Å²) in [4.78, 5) is 3.63. The lowest BCUT2D eigenvalue weighted by Crippen LogP contribution is -2.32. The van der Waals surface area contributed by atoms with E-state index in [1.165, 1.54) is 25.8 Å². The van der Waals surface area contributed by atoms with Crippen molar-refractivity contribution in [3.05, 3.63) is 108 Å². The van der Waals surface area contributed by atoms with Gasteiger partial charge in [0.05, 0.1) is 5.00 Å². The molecule has 0 saturated heterocycles. The average molecular weight is 403 g/mol. The maximum absolute atomic E-state index is 2.31. The van der Waals surface area contributed by atoms with E-state index < -0.39 is 7.26 Å². The van der Waals surface area contributed by atoms with Crippen molar-refractivity contribution in [1.29, 1.82) is 0 Å². The molecule has 3 heteroatoms. The van der Waals surface area contributed by atoms with Gasteiger partial charge >= 0.3 is 0 Å². The van der Waals surface area contributed by atoms with Gasteiger partial charge in [-0.2, -0.15) is 0 Å². The molecule has 0 aliphatic heterocycles. The van der Waals surface area contributed by atoms with Gasteiger partial charge in [-0.15, -0.1) is 11.3 Å². The number of hydrogen-bond acceptors (Lipinski definition) is 2. The Bertz CT molecular complexity index is 913. The highest BCUT2D eigenvalue weighted by molar-refractivity contribution is 7.95. The highest BCUT2D eigenvalue weighted by Gasteiger charge is 2.45. The third-order valence-corrected chi connectivity index (χ3v) is 10.9. The minimum Gasteiger partial charge on any atom is -0.370 e. The third kappa shape index (κ3) is 3.63. The van der Waals surface area contributed by atoms with Crippen molar-refractivity contribution < 1.29 is 0 Å². The van der Waals surface area contributed by atoms with Gasteiger partial charge in [-0.25, -0.2) is 0 Å². The lowest BCUT2D eigenvalue weighted by atomic mass is 10.4. The second kappa shape index (κ2) is 8.31. The Kier molecular flexibility index (Phi) is 5.62. The number of thiophene rings is 1. The number of anilines is 1. The number of benzene rings is 3. The average Bonchev–Trinajstić information content (AvgIpc) is 3.23. The molecule has 0 N–H and O–H groups in total. The van der Waals surface area contributed by atoms with Gasteiger partial charge in [0.2, 0.25) is 0 Å². The second-order valence-corrected chi connectivity index (χ2v) is 11.7. The maximum Gasteiger partial charge on any atom is 0.117 e. The van der Waals surface area contributed by atoms with Gasteiger partial charge in [-0.05, 0) is 48.5 Å². The molecule has 0 atom stereocenters. The molecule has 0 radical (unpaired) electrons. The van der Waals surface area contributed by atoms with E-state index in [0.717, 1.165) is 6.16 Å². The van der Waals surface area contributed by atoms with Gasteiger partial charge in [0.15, 0.2) is 0 Å². The molecule has 0 fully saturated rings. The lowest BCUT2D eigenvalue weighted by Gasteiger charge is -2.27. The molecule has 1 heterocycles. The zero-order valence-electron chi connectivity index (χ0n) is 16.3. The first-order chi connectivity index (χ1) is 13.7. The van der Waals surface area contributed by atoms with Crippen LogP contribution in [-0.4, -0.2) is 14.1 Å². The summed E-state index contributed by atoms with van der Waals surface area (Å²) in [6.07, 6.45) is 1.05. The van der Waals surface area contributed by atoms with Crippen LogP contribution in [0.2, 0.25) is 0 Å². The summed E-state index contributed by atoms with van der Waals surface area (Å²) >= 11 is 1.91. The Balaban J connectivity index is 1.95. The summed E-state index contributed by atoms with van der Waals surface area (Å²) in [5.41, 5.74) is 0. The highest BCUT2D eigenvalue weighted by Crippen LogP contribution is 2.58. The molecule has 0 unspecified atom stereocenters. The molecule has 1 aromatic heterocycles. The fraction of sp³-hybridized carbons (Fsp3) is 0.120. The molecule has 0 saturated carbocycles. The Morgan fingerprint density at radius 2 is 1.04 bits per heavy atom. The van der Waals surface area contributed by atoms with Crippen LogP contribution >= 0.6 is 18.6 Å². The van der Waals surface area contributed by atoms with Crippen LogP contribution < -0.4 is 20.8 Å². The van der Waals surface area contributed by atoms with E-state index in [4.69, 9.17) is 0 Å². The standard InChI is InChI=1S/C25H25NPS/c1-26(2)25-19-18-24(28-25)20-27(21-12-6-3-7-13-21,22-14-8-4-9-15-22)23-16-10-5-11-17-23/h3-19H,20H2,1-2H3/q+1. The van der Waals surface area contributed by atoms with E-state index in [2.05, 4.69) is 122 Å². The molecular formula is C25H25NPS+. The van der Waals surface area contributed by atoms with E-state index in [0.29, 0.717) is 0 Å². The molecule has 4 rings (SSSR count). The predicted molar refractivity (Wildman–Crippen MR) is 127 cm³/mol. The molecule has 0 aliphatic carbocycles. The number of nitrogens with zero attached hydrogens (tertiary/aromatic N) is 1. The first-order valence-corrected chi connectivity index (χ1v) is 12.3. The molecule has 140 valence electrons. The first kappa shape index (κ1) is 18.9. The van der Waals surface area contributed by atoms with Crippen LogP contribution in [-0.2, 0) is 6.16 Å². The quantitative estimate of drug-likeness (QED) is 0.395. The summed E-state index contributed by atoms with van der Waals surface area (Å²) in [6.45, 7) is 0. The third-order valence-electron chi connectivity index (χ3n) is 5.07. The summed E-state index contributed by atoms with van der Waals surface area (Å²) in [6, 6.07) is 37.8. The molecule has 0 spiro atoms. The van der Waals surface area contributed by atoms with Crippen molar-refractivity contribution in [3.8, 4) is 0 Å². The minimum atomic E-state index is -1.80.